The third kappa shape index (κ3) is 5.66. The maximum atomic E-state index is 12.2. The Kier molecular flexibility index (Phi) is 7.37. The standard InChI is InChI=1S/C24H21N3O3S2/c1-29-20-12-7-10-18(23(20)30-15-17-8-3-2-4-9-17)14-25-27-22(28)16-31-24-26-19-11-5-6-13-21(19)32-24/h2-14H,15-16H2,1H3,(H,27,28). The highest BCUT2D eigenvalue weighted by Gasteiger charge is 2.10. The van der Waals surface area contributed by atoms with Crippen molar-refractivity contribution < 1.29 is 14.3 Å². The first-order valence-corrected chi connectivity index (χ1v) is 11.7. The highest BCUT2D eigenvalue weighted by atomic mass is 32.2. The molecule has 0 atom stereocenters. The highest BCUT2D eigenvalue weighted by molar-refractivity contribution is 8.01. The number of benzene rings is 3. The molecule has 4 aromatic rings. The predicted molar refractivity (Wildman–Crippen MR) is 130 cm³/mol. The van der Waals surface area contributed by atoms with Gasteiger partial charge in [0, 0.05) is 5.56 Å². The summed E-state index contributed by atoms with van der Waals surface area (Å²) >= 11 is 2.96. The van der Waals surface area contributed by atoms with Gasteiger partial charge in [-0.3, -0.25) is 4.79 Å². The Hall–Kier alpha value is -3.36. The van der Waals surface area contributed by atoms with E-state index >= 15 is 0 Å². The van der Waals surface area contributed by atoms with Gasteiger partial charge in [-0.2, -0.15) is 5.10 Å². The first kappa shape index (κ1) is 21.9. The van der Waals surface area contributed by atoms with Crippen molar-refractivity contribution in [2.45, 2.75) is 10.9 Å². The lowest BCUT2D eigenvalue weighted by Crippen LogP contribution is -2.19. The molecule has 0 aliphatic rings. The number of hydrogen-bond acceptors (Lipinski definition) is 7. The van der Waals surface area contributed by atoms with Crippen molar-refractivity contribution in [2.75, 3.05) is 12.9 Å². The van der Waals surface area contributed by atoms with E-state index in [9.17, 15) is 4.79 Å². The summed E-state index contributed by atoms with van der Waals surface area (Å²) in [7, 11) is 1.59. The number of methoxy groups -OCH3 is 1. The SMILES string of the molecule is COc1cccc(C=NNC(=O)CSc2nc3ccccc3s2)c1OCc1ccccc1. The summed E-state index contributed by atoms with van der Waals surface area (Å²) in [5, 5.41) is 4.10. The van der Waals surface area contributed by atoms with Crippen LogP contribution in [0.25, 0.3) is 10.2 Å². The van der Waals surface area contributed by atoms with Gasteiger partial charge in [0.1, 0.15) is 6.61 Å². The number of hydrogen-bond donors (Lipinski definition) is 1. The molecule has 1 aromatic heterocycles. The molecule has 6 nitrogen and oxygen atoms in total. The number of aromatic nitrogens is 1. The number of carbonyl (C=O) groups excluding carboxylic acids is 1. The van der Waals surface area contributed by atoms with E-state index in [0.717, 1.165) is 20.1 Å². The van der Waals surface area contributed by atoms with E-state index in [1.54, 1.807) is 24.7 Å². The summed E-state index contributed by atoms with van der Waals surface area (Å²) in [4.78, 5) is 16.7. The van der Waals surface area contributed by atoms with Crippen molar-refractivity contribution in [2.24, 2.45) is 5.10 Å². The zero-order chi connectivity index (χ0) is 22.2. The average Bonchev–Trinajstić information content (AvgIpc) is 3.25. The van der Waals surface area contributed by atoms with Gasteiger partial charge in [-0.05, 0) is 29.8 Å². The van der Waals surface area contributed by atoms with Crippen LogP contribution in [0.1, 0.15) is 11.1 Å². The summed E-state index contributed by atoms with van der Waals surface area (Å²) in [6, 6.07) is 23.3. The van der Waals surface area contributed by atoms with Crippen LogP contribution in [0.5, 0.6) is 11.5 Å². The molecule has 0 saturated carbocycles. The summed E-state index contributed by atoms with van der Waals surface area (Å²) in [6.07, 6.45) is 1.56. The van der Waals surface area contributed by atoms with Crippen LogP contribution in [-0.4, -0.2) is 30.0 Å². The lowest BCUT2D eigenvalue weighted by atomic mass is 10.2. The molecule has 1 N–H and O–H groups in total. The Balaban J connectivity index is 1.36. The van der Waals surface area contributed by atoms with Crippen molar-refractivity contribution in [3.63, 3.8) is 0 Å². The van der Waals surface area contributed by atoms with Gasteiger partial charge in [0.15, 0.2) is 15.8 Å². The van der Waals surface area contributed by atoms with Crippen LogP contribution in [0.2, 0.25) is 0 Å². The van der Waals surface area contributed by atoms with Crippen LogP contribution < -0.4 is 14.9 Å². The minimum atomic E-state index is -0.208. The molecule has 0 spiro atoms. The third-order valence-electron chi connectivity index (χ3n) is 4.45. The zero-order valence-electron chi connectivity index (χ0n) is 17.4. The van der Waals surface area contributed by atoms with Crippen molar-refractivity contribution in [3.8, 4) is 11.5 Å². The number of thioether (sulfide) groups is 1. The van der Waals surface area contributed by atoms with E-state index in [-0.39, 0.29) is 11.7 Å². The van der Waals surface area contributed by atoms with Gasteiger partial charge in [-0.25, -0.2) is 10.4 Å². The van der Waals surface area contributed by atoms with Gasteiger partial charge < -0.3 is 9.47 Å². The molecule has 8 heteroatoms. The van der Waals surface area contributed by atoms with Crippen LogP contribution in [0.15, 0.2) is 82.2 Å². The van der Waals surface area contributed by atoms with Crippen molar-refractivity contribution in [3.05, 3.63) is 83.9 Å². The monoisotopic (exact) mass is 463 g/mol. The normalized spacial score (nSPS) is 11.0. The number of thiazole rings is 1. The number of fused-ring (bicyclic) bond motifs is 1. The van der Waals surface area contributed by atoms with Crippen molar-refractivity contribution in [1.29, 1.82) is 0 Å². The van der Waals surface area contributed by atoms with Crippen LogP contribution in [-0.2, 0) is 11.4 Å². The smallest absolute Gasteiger partial charge is 0.250 e. The van der Waals surface area contributed by atoms with E-state index in [1.165, 1.54) is 11.8 Å². The molecule has 32 heavy (non-hydrogen) atoms. The molecule has 1 heterocycles. The van der Waals surface area contributed by atoms with E-state index < -0.39 is 0 Å². The lowest BCUT2D eigenvalue weighted by molar-refractivity contribution is -0.118. The maximum Gasteiger partial charge on any atom is 0.250 e. The van der Waals surface area contributed by atoms with Gasteiger partial charge in [0.25, 0.3) is 5.91 Å². The number of para-hydroxylation sites is 2. The minimum Gasteiger partial charge on any atom is -0.493 e. The van der Waals surface area contributed by atoms with Gasteiger partial charge in [0.05, 0.1) is 29.3 Å². The fourth-order valence-electron chi connectivity index (χ4n) is 2.93. The lowest BCUT2D eigenvalue weighted by Gasteiger charge is -2.13. The summed E-state index contributed by atoms with van der Waals surface area (Å²) in [5.41, 5.74) is 5.26. The summed E-state index contributed by atoms with van der Waals surface area (Å²) in [6.45, 7) is 0.396. The molecule has 3 aromatic carbocycles. The molecular weight excluding hydrogens is 442 g/mol. The Morgan fingerprint density at radius 2 is 1.91 bits per heavy atom. The van der Waals surface area contributed by atoms with Crippen LogP contribution in [0, 0.1) is 0 Å². The quantitative estimate of drug-likeness (QED) is 0.212. The topological polar surface area (TPSA) is 72.8 Å². The third-order valence-corrected chi connectivity index (χ3v) is 6.63. The average molecular weight is 464 g/mol. The zero-order valence-corrected chi connectivity index (χ0v) is 19.0. The molecule has 1 amide bonds. The fourth-order valence-corrected chi connectivity index (χ4v) is 4.79. The molecule has 0 unspecified atom stereocenters. The van der Waals surface area contributed by atoms with E-state index in [0.29, 0.717) is 23.7 Å². The van der Waals surface area contributed by atoms with Crippen molar-refractivity contribution >= 4 is 45.4 Å². The minimum absolute atomic E-state index is 0.208. The number of rotatable bonds is 9. The molecule has 0 radical (unpaired) electrons. The predicted octanol–water partition coefficient (Wildman–Crippen LogP) is 5.13. The van der Waals surface area contributed by atoms with Gasteiger partial charge >= 0.3 is 0 Å². The number of carbonyl (C=O) groups is 1. The summed E-state index contributed by atoms with van der Waals surface area (Å²) < 4.78 is 13.4. The first-order chi connectivity index (χ1) is 15.7. The van der Waals surface area contributed by atoms with E-state index in [2.05, 4.69) is 15.5 Å². The van der Waals surface area contributed by atoms with E-state index in [4.69, 9.17) is 9.47 Å². The van der Waals surface area contributed by atoms with Crippen LogP contribution in [0.3, 0.4) is 0 Å². The highest BCUT2D eigenvalue weighted by Crippen LogP contribution is 2.31. The Morgan fingerprint density at radius 1 is 1.09 bits per heavy atom. The molecule has 0 fully saturated rings. The Morgan fingerprint density at radius 3 is 2.72 bits per heavy atom. The van der Waals surface area contributed by atoms with Crippen LogP contribution >= 0.6 is 23.1 Å². The largest absolute Gasteiger partial charge is 0.493 e. The number of nitrogens with zero attached hydrogens (tertiary/aromatic N) is 2. The van der Waals surface area contributed by atoms with E-state index in [1.807, 2.05) is 72.8 Å². The fraction of sp³-hybridized carbons (Fsp3) is 0.125. The van der Waals surface area contributed by atoms with Crippen molar-refractivity contribution in [1.82, 2.24) is 10.4 Å². The second-order valence-electron chi connectivity index (χ2n) is 6.68. The molecule has 4 rings (SSSR count). The summed E-state index contributed by atoms with van der Waals surface area (Å²) in [5.74, 6) is 1.19. The van der Waals surface area contributed by atoms with Crippen LogP contribution in [0.4, 0.5) is 0 Å². The molecule has 0 aliphatic heterocycles. The second-order valence-corrected chi connectivity index (χ2v) is 8.94. The number of amides is 1. The number of ether oxygens (including phenoxy) is 2. The number of hydrazone groups is 1. The maximum absolute atomic E-state index is 12.2. The molecule has 0 aliphatic carbocycles. The Labute approximate surface area is 194 Å². The van der Waals surface area contributed by atoms with Gasteiger partial charge in [-0.15, -0.1) is 11.3 Å². The first-order valence-electron chi connectivity index (χ1n) is 9.87. The van der Waals surface area contributed by atoms with Gasteiger partial charge in [-0.1, -0.05) is 60.3 Å². The Bertz CT molecular complexity index is 1190. The molecule has 0 saturated heterocycles. The molecule has 162 valence electrons. The second kappa shape index (κ2) is 10.8. The molecular formula is C24H21N3O3S2. The molecule has 0 bridgehead atoms. The number of nitrogens with one attached hydrogen (secondary N) is 1. The van der Waals surface area contributed by atoms with Gasteiger partial charge in [0.2, 0.25) is 0 Å².